The number of aliphatic hydroxyl groups excluding tert-OH is 2. The number of nitrogens with zero attached hydrogens (tertiary/aromatic N) is 3. The van der Waals surface area contributed by atoms with Crippen molar-refractivity contribution in [2.45, 2.75) is 18.9 Å². The highest BCUT2D eigenvalue weighted by Gasteiger charge is 2.43. The molecule has 1 aliphatic heterocycles. The summed E-state index contributed by atoms with van der Waals surface area (Å²) in [7, 11) is 1.27. The first kappa shape index (κ1) is 19.2. The first-order chi connectivity index (χ1) is 13.0. The first-order valence-electron chi connectivity index (χ1n) is 8.66. The molecule has 2 aromatic rings. The van der Waals surface area contributed by atoms with Crippen LogP contribution in [0.3, 0.4) is 0 Å². The number of hydrogen-bond acceptors (Lipinski definition) is 7. The van der Waals surface area contributed by atoms with E-state index in [0.717, 1.165) is 5.56 Å². The van der Waals surface area contributed by atoms with Crippen molar-refractivity contribution < 1.29 is 24.1 Å². The van der Waals surface area contributed by atoms with Gasteiger partial charge in [0.15, 0.2) is 5.69 Å². The SMILES string of the molecule is COC(=O)c1cnc(N2CC[C@H](O)[C@@](CO)(Cc3ccc(F)cc3)C2)cn1. The second-order valence-corrected chi connectivity index (χ2v) is 6.80. The van der Waals surface area contributed by atoms with Crippen molar-refractivity contribution in [1.82, 2.24) is 9.97 Å². The number of carbonyl (C=O) groups excluding carboxylic acids is 1. The van der Waals surface area contributed by atoms with Crippen LogP contribution >= 0.6 is 0 Å². The standard InChI is InChI=1S/C19H22FN3O4/c1-27-18(26)15-9-22-17(10-21-15)23-7-6-16(25)19(11-23,12-24)8-13-2-4-14(20)5-3-13/h2-5,9-10,16,24-25H,6-8,11-12H2,1H3/t16-,19-/m0/s1. The third-order valence-corrected chi connectivity index (χ3v) is 5.03. The van der Waals surface area contributed by atoms with Gasteiger partial charge in [0.1, 0.15) is 11.6 Å². The highest BCUT2D eigenvalue weighted by atomic mass is 19.1. The van der Waals surface area contributed by atoms with Gasteiger partial charge in [0.25, 0.3) is 0 Å². The minimum Gasteiger partial charge on any atom is -0.464 e. The summed E-state index contributed by atoms with van der Waals surface area (Å²) < 4.78 is 17.8. The lowest BCUT2D eigenvalue weighted by Gasteiger charge is -2.45. The van der Waals surface area contributed by atoms with Gasteiger partial charge in [-0.15, -0.1) is 0 Å². The smallest absolute Gasteiger partial charge is 0.358 e. The molecule has 2 N–H and O–H groups in total. The van der Waals surface area contributed by atoms with E-state index < -0.39 is 17.5 Å². The lowest BCUT2D eigenvalue weighted by molar-refractivity contribution is -0.0292. The van der Waals surface area contributed by atoms with Gasteiger partial charge in [-0.3, -0.25) is 0 Å². The van der Waals surface area contributed by atoms with Gasteiger partial charge >= 0.3 is 5.97 Å². The zero-order valence-corrected chi connectivity index (χ0v) is 15.0. The minimum absolute atomic E-state index is 0.109. The zero-order chi connectivity index (χ0) is 19.4. The predicted molar refractivity (Wildman–Crippen MR) is 95.8 cm³/mol. The molecule has 1 fully saturated rings. The maximum Gasteiger partial charge on any atom is 0.358 e. The molecule has 0 unspecified atom stereocenters. The molecule has 0 aliphatic carbocycles. The molecule has 2 heterocycles. The number of halogens is 1. The molecule has 8 heteroatoms. The van der Waals surface area contributed by atoms with Crippen LogP contribution in [0.15, 0.2) is 36.7 Å². The maximum absolute atomic E-state index is 13.2. The van der Waals surface area contributed by atoms with Gasteiger partial charge in [0.05, 0.1) is 32.2 Å². The second kappa shape index (κ2) is 7.98. The van der Waals surface area contributed by atoms with Crippen LogP contribution in [-0.2, 0) is 11.2 Å². The molecule has 3 rings (SSSR count). The summed E-state index contributed by atoms with van der Waals surface area (Å²) in [4.78, 5) is 21.7. The molecule has 7 nitrogen and oxygen atoms in total. The van der Waals surface area contributed by atoms with E-state index >= 15 is 0 Å². The van der Waals surface area contributed by atoms with Crippen molar-refractivity contribution >= 4 is 11.8 Å². The van der Waals surface area contributed by atoms with E-state index in [1.807, 2.05) is 4.90 Å². The Bertz CT molecular complexity index is 785. The predicted octanol–water partition coefficient (Wildman–Crippen LogP) is 1.19. The van der Waals surface area contributed by atoms with Crippen LogP contribution in [-0.4, -0.2) is 59.1 Å². The van der Waals surface area contributed by atoms with Gasteiger partial charge in [0.2, 0.25) is 0 Å². The van der Waals surface area contributed by atoms with E-state index in [-0.39, 0.29) is 18.1 Å². The molecular formula is C19H22FN3O4. The van der Waals surface area contributed by atoms with Gasteiger partial charge in [0, 0.05) is 18.5 Å². The maximum atomic E-state index is 13.2. The second-order valence-electron chi connectivity index (χ2n) is 6.80. The van der Waals surface area contributed by atoms with E-state index in [0.29, 0.717) is 31.7 Å². The van der Waals surface area contributed by atoms with Gasteiger partial charge < -0.3 is 19.8 Å². The summed E-state index contributed by atoms with van der Waals surface area (Å²) in [6.45, 7) is 0.669. The molecule has 144 valence electrons. The van der Waals surface area contributed by atoms with Gasteiger partial charge in [-0.25, -0.2) is 19.2 Å². The molecule has 0 spiro atoms. The van der Waals surface area contributed by atoms with Gasteiger partial charge in [-0.05, 0) is 30.5 Å². The minimum atomic E-state index is -0.807. The number of aliphatic hydroxyl groups is 2. The number of hydrogen-bond donors (Lipinski definition) is 2. The molecular weight excluding hydrogens is 353 g/mol. The van der Waals surface area contributed by atoms with Crippen molar-refractivity contribution in [1.29, 1.82) is 0 Å². The Labute approximate surface area is 156 Å². The molecule has 1 aliphatic rings. The van der Waals surface area contributed by atoms with Crippen LogP contribution in [0.5, 0.6) is 0 Å². The van der Waals surface area contributed by atoms with E-state index in [9.17, 15) is 19.4 Å². The first-order valence-corrected chi connectivity index (χ1v) is 8.66. The fraction of sp³-hybridized carbons (Fsp3) is 0.421. The Morgan fingerprint density at radius 1 is 1.33 bits per heavy atom. The third-order valence-electron chi connectivity index (χ3n) is 5.03. The van der Waals surface area contributed by atoms with Crippen molar-refractivity contribution in [2.24, 2.45) is 5.41 Å². The largest absolute Gasteiger partial charge is 0.464 e. The Morgan fingerprint density at radius 3 is 2.67 bits per heavy atom. The topological polar surface area (TPSA) is 95.8 Å². The average molecular weight is 375 g/mol. The number of esters is 1. The molecule has 0 amide bonds. The van der Waals surface area contributed by atoms with E-state index in [2.05, 4.69) is 14.7 Å². The summed E-state index contributed by atoms with van der Waals surface area (Å²) in [5.41, 5.74) is 0.134. The molecule has 1 saturated heterocycles. The number of benzene rings is 1. The van der Waals surface area contributed by atoms with Crippen molar-refractivity contribution in [3.8, 4) is 0 Å². The van der Waals surface area contributed by atoms with E-state index in [1.165, 1.54) is 31.6 Å². The molecule has 0 saturated carbocycles. The number of rotatable bonds is 5. The normalized spacial score (nSPS) is 22.5. The molecule has 0 bridgehead atoms. The molecule has 2 atom stereocenters. The molecule has 27 heavy (non-hydrogen) atoms. The lowest BCUT2D eigenvalue weighted by Crippen LogP contribution is -2.55. The zero-order valence-electron chi connectivity index (χ0n) is 15.0. The Balaban J connectivity index is 1.81. The summed E-state index contributed by atoms with van der Waals surface area (Å²) in [5, 5.41) is 20.7. The van der Waals surface area contributed by atoms with Crippen molar-refractivity contribution in [2.75, 3.05) is 31.7 Å². The number of carbonyl (C=O) groups is 1. The fourth-order valence-corrected chi connectivity index (χ4v) is 3.43. The molecule has 1 aromatic carbocycles. The Hall–Kier alpha value is -2.58. The fourth-order valence-electron chi connectivity index (χ4n) is 3.43. The quantitative estimate of drug-likeness (QED) is 0.758. The number of anilines is 1. The van der Waals surface area contributed by atoms with Crippen LogP contribution in [0.1, 0.15) is 22.5 Å². The highest BCUT2D eigenvalue weighted by Crippen LogP contribution is 2.35. The molecule has 0 radical (unpaired) electrons. The van der Waals surface area contributed by atoms with Gasteiger partial charge in [-0.1, -0.05) is 12.1 Å². The molecule has 1 aromatic heterocycles. The van der Waals surface area contributed by atoms with Crippen LogP contribution < -0.4 is 4.90 Å². The summed E-state index contributed by atoms with van der Waals surface area (Å²) >= 11 is 0. The average Bonchev–Trinajstić information content (AvgIpc) is 2.71. The lowest BCUT2D eigenvalue weighted by atomic mass is 9.73. The number of ether oxygens (including phenoxy) is 1. The Morgan fingerprint density at radius 2 is 2.07 bits per heavy atom. The summed E-state index contributed by atoms with van der Waals surface area (Å²) in [5.74, 6) is -0.348. The van der Waals surface area contributed by atoms with E-state index in [4.69, 9.17) is 0 Å². The monoisotopic (exact) mass is 375 g/mol. The van der Waals surface area contributed by atoms with Crippen LogP contribution in [0.2, 0.25) is 0 Å². The van der Waals surface area contributed by atoms with E-state index in [1.54, 1.807) is 12.1 Å². The summed E-state index contributed by atoms with van der Waals surface area (Å²) in [6, 6.07) is 6.04. The number of methoxy groups -OCH3 is 1. The van der Waals surface area contributed by atoms with Crippen molar-refractivity contribution in [3.05, 3.63) is 53.7 Å². The number of aromatic nitrogens is 2. The van der Waals surface area contributed by atoms with Crippen LogP contribution in [0.25, 0.3) is 0 Å². The Kier molecular flexibility index (Phi) is 5.67. The van der Waals surface area contributed by atoms with Crippen LogP contribution in [0.4, 0.5) is 10.2 Å². The van der Waals surface area contributed by atoms with Crippen molar-refractivity contribution in [3.63, 3.8) is 0 Å². The number of piperidine rings is 1. The highest BCUT2D eigenvalue weighted by molar-refractivity contribution is 5.86. The summed E-state index contributed by atoms with van der Waals surface area (Å²) in [6.07, 6.45) is 2.96. The van der Waals surface area contributed by atoms with Crippen LogP contribution in [0, 0.1) is 11.2 Å². The third kappa shape index (κ3) is 4.06. The van der Waals surface area contributed by atoms with Gasteiger partial charge in [-0.2, -0.15) is 0 Å².